The van der Waals surface area contributed by atoms with Crippen molar-refractivity contribution in [3.8, 4) is 33.6 Å². The average molecular weight is 806 g/mol. The standard InChI is InChI=1S/C60H43N3/c1-4-19-40(20-5-1)43-25-16-28-46(37-43)61-52-34-13-10-31-49(52)55-58(61)56-50-32-11-14-35-53(50)62(47-29-17-26-44(38-47)41-21-6-2-7-22-41)60(56)57-51-33-12-15-36-54(51)63(59(55)57)48-30-18-27-45(39-48)42-23-8-3-9-24-42/h1-14,16-17,19-29,31-35,37-39H,15,18,30,36H2. The Balaban J connectivity index is 1.25. The van der Waals surface area contributed by atoms with Gasteiger partial charge in [-0.15, -0.1) is 0 Å². The lowest BCUT2D eigenvalue weighted by molar-refractivity contribution is 0.865. The average Bonchev–Trinajstić information content (AvgIpc) is 4.01. The molecule has 0 aliphatic heterocycles. The van der Waals surface area contributed by atoms with E-state index in [2.05, 4.69) is 226 Å². The fraction of sp³-hybridized carbons (Fsp3) is 0.0667. The fourth-order valence-corrected chi connectivity index (χ4v) is 10.9. The van der Waals surface area contributed by atoms with Crippen LogP contribution < -0.4 is 0 Å². The van der Waals surface area contributed by atoms with Crippen molar-refractivity contribution < 1.29 is 0 Å². The molecule has 13 rings (SSSR count). The van der Waals surface area contributed by atoms with Crippen molar-refractivity contribution in [2.24, 2.45) is 0 Å². The molecule has 0 atom stereocenters. The van der Waals surface area contributed by atoms with Gasteiger partial charge in [0.25, 0.3) is 0 Å². The zero-order valence-electron chi connectivity index (χ0n) is 34.9. The maximum absolute atomic E-state index is 2.71. The van der Waals surface area contributed by atoms with E-state index < -0.39 is 0 Å². The molecular formula is C60H43N3. The number of hydrogen-bond donors (Lipinski definition) is 0. The summed E-state index contributed by atoms with van der Waals surface area (Å²) in [6, 6.07) is 69.0. The van der Waals surface area contributed by atoms with Crippen molar-refractivity contribution in [3.05, 3.63) is 223 Å². The molecule has 3 heteroatoms. The molecule has 0 saturated carbocycles. The van der Waals surface area contributed by atoms with Gasteiger partial charge in [-0.05, 0) is 102 Å². The third-order valence-corrected chi connectivity index (χ3v) is 13.5. The molecule has 3 aromatic heterocycles. The summed E-state index contributed by atoms with van der Waals surface area (Å²) in [7, 11) is 0. The first-order chi connectivity index (χ1) is 31.3. The highest BCUT2D eigenvalue weighted by molar-refractivity contribution is 6.37. The normalized spacial score (nSPS) is 13.9. The molecule has 0 fully saturated rings. The molecule has 0 spiro atoms. The molecule has 0 radical (unpaired) electrons. The number of nitrogens with zero attached hydrogens (tertiary/aromatic N) is 3. The van der Waals surface area contributed by atoms with Crippen molar-refractivity contribution in [2.75, 3.05) is 0 Å². The highest BCUT2D eigenvalue weighted by Crippen LogP contribution is 2.51. The first-order valence-electron chi connectivity index (χ1n) is 22.3. The van der Waals surface area contributed by atoms with E-state index in [4.69, 9.17) is 0 Å². The molecule has 0 unspecified atom stereocenters. The molecule has 3 nitrogen and oxygen atoms in total. The topological polar surface area (TPSA) is 14.8 Å². The number of fused-ring (bicyclic) bond motifs is 12. The highest BCUT2D eigenvalue weighted by Gasteiger charge is 2.31. The predicted octanol–water partition coefficient (Wildman–Crippen LogP) is 15.8. The molecule has 8 aromatic carbocycles. The molecule has 0 amide bonds. The van der Waals surface area contributed by atoms with Crippen LogP contribution in [-0.4, -0.2) is 13.7 Å². The lowest BCUT2D eigenvalue weighted by Crippen LogP contribution is -2.07. The summed E-state index contributed by atoms with van der Waals surface area (Å²) < 4.78 is 7.87. The van der Waals surface area contributed by atoms with E-state index >= 15 is 0 Å². The van der Waals surface area contributed by atoms with Crippen LogP contribution in [0.15, 0.2) is 206 Å². The van der Waals surface area contributed by atoms with Gasteiger partial charge in [0, 0.05) is 55.3 Å². The number of para-hydroxylation sites is 2. The largest absolute Gasteiger partial charge is 0.316 e. The summed E-state index contributed by atoms with van der Waals surface area (Å²) in [6.45, 7) is 0. The number of rotatable bonds is 6. The van der Waals surface area contributed by atoms with Gasteiger partial charge < -0.3 is 13.7 Å². The van der Waals surface area contributed by atoms with Crippen LogP contribution in [0.25, 0.3) is 105 Å². The first kappa shape index (κ1) is 35.8. The Hall–Kier alpha value is -7.88. The predicted molar refractivity (Wildman–Crippen MR) is 267 cm³/mol. The van der Waals surface area contributed by atoms with Gasteiger partial charge in [0.1, 0.15) is 0 Å². The van der Waals surface area contributed by atoms with Crippen molar-refractivity contribution in [2.45, 2.75) is 25.7 Å². The van der Waals surface area contributed by atoms with Gasteiger partial charge in [-0.2, -0.15) is 0 Å². The third-order valence-electron chi connectivity index (χ3n) is 13.5. The van der Waals surface area contributed by atoms with E-state index in [1.54, 1.807) is 0 Å². The van der Waals surface area contributed by atoms with Crippen LogP contribution in [0, 0.1) is 0 Å². The highest BCUT2D eigenvalue weighted by atomic mass is 15.1. The lowest BCUT2D eigenvalue weighted by Gasteiger charge is -2.21. The Kier molecular flexibility index (Phi) is 8.17. The van der Waals surface area contributed by atoms with E-state index in [9.17, 15) is 0 Å². The molecule has 298 valence electrons. The molecule has 2 aliphatic rings. The first-order valence-corrected chi connectivity index (χ1v) is 22.3. The van der Waals surface area contributed by atoms with Crippen LogP contribution in [0.1, 0.15) is 36.1 Å². The minimum absolute atomic E-state index is 0.968. The van der Waals surface area contributed by atoms with Crippen LogP contribution in [-0.2, 0) is 6.42 Å². The van der Waals surface area contributed by atoms with Gasteiger partial charge in [-0.25, -0.2) is 0 Å². The van der Waals surface area contributed by atoms with E-state index in [1.165, 1.54) is 105 Å². The summed E-state index contributed by atoms with van der Waals surface area (Å²) in [5.41, 5.74) is 20.0. The molecular weight excluding hydrogens is 763 g/mol. The number of benzene rings is 8. The Bertz CT molecular complexity index is 3700. The lowest BCUT2D eigenvalue weighted by atomic mass is 9.97. The Morgan fingerprint density at radius 3 is 1.46 bits per heavy atom. The maximum atomic E-state index is 2.71. The number of allylic oxidation sites excluding steroid dienone is 5. The Labute approximate surface area is 366 Å². The van der Waals surface area contributed by atoms with E-state index in [1.807, 2.05) is 0 Å². The van der Waals surface area contributed by atoms with Gasteiger partial charge in [0.05, 0.1) is 27.6 Å². The monoisotopic (exact) mass is 805 g/mol. The fourth-order valence-electron chi connectivity index (χ4n) is 10.9. The number of hydrogen-bond acceptors (Lipinski definition) is 0. The zero-order valence-corrected chi connectivity index (χ0v) is 34.9. The SMILES string of the molecule is C1=Cc2c(n(C3=CC(c4ccccc4)=CCC3)c3c2c2c(c4ccccc4n2-c2cccc(-c4ccccc4)c2)c2c3c3ccccc3n2-c2cccc(-c3ccccc3)c2)CC1. The van der Waals surface area contributed by atoms with Crippen molar-refractivity contribution in [1.82, 2.24) is 13.7 Å². The summed E-state index contributed by atoms with van der Waals surface area (Å²) >= 11 is 0. The molecule has 63 heavy (non-hydrogen) atoms. The maximum Gasteiger partial charge on any atom is 0.0663 e. The second-order valence-electron chi connectivity index (χ2n) is 17.0. The van der Waals surface area contributed by atoms with Gasteiger partial charge in [-0.3, -0.25) is 0 Å². The summed E-state index contributed by atoms with van der Waals surface area (Å²) in [5, 5.41) is 6.42. The van der Waals surface area contributed by atoms with Crippen LogP contribution in [0.4, 0.5) is 0 Å². The summed E-state index contributed by atoms with van der Waals surface area (Å²) in [5.74, 6) is 0. The van der Waals surface area contributed by atoms with Crippen molar-refractivity contribution in [3.63, 3.8) is 0 Å². The second kappa shape index (κ2) is 14.4. The van der Waals surface area contributed by atoms with Crippen molar-refractivity contribution in [1.29, 1.82) is 0 Å². The van der Waals surface area contributed by atoms with Crippen LogP contribution >= 0.6 is 0 Å². The molecule has 11 aromatic rings. The second-order valence-corrected chi connectivity index (χ2v) is 17.0. The van der Waals surface area contributed by atoms with E-state index in [0.717, 1.165) is 37.1 Å². The minimum atomic E-state index is 0.968. The van der Waals surface area contributed by atoms with E-state index in [0.29, 0.717) is 0 Å². The van der Waals surface area contributed by atoms with E-state index in [-0.39, 0.29) is 0 Å². The van der Waals surface area contributed by atoms with Crippen molar-refractivity contribution >= 4 is 71.9 Å². The smallest absolute Gasteiger partial charge is 0.0663 e. The summed E-state index contributed by atoms with van der Waals surface area (Å²) in [4.78, 5) is 0. The molecule has 3 heterocycles. The Morgan fingerprint density at radius 1 is 0.381 bits per heavy atom. The van der Waals surface area contributed by atoms with Gasteiger partial charge >= 0.3 is 0 Å². The van der Waals surface area contributed by atoms with Crippen LogP contribution in [0.3, 0.4) is 0 Å². The summed E-state index contributed by atoms with van der Waals surface area (Å²) in [6.07, 6.45) is 13.7. The number of aromatic nitrogens is 3. The molecule has 0 N–H and O–H groups in total. The Morgan fingerprint density at radius 2 is 0.873 bits per heavy atom. The molecule has 2 aliphatic carbocycles. The quantitative estimate of drug-likeness (QED) is 0.159. The minimum Gasteiger partial charge on any atom is -0.316 e. The van der Waals surface area contributed by atoms with Gasteiger partial charge in [0.2, 0.25) is 0 Å². The third kappa shape index (κ3) is 5.53. The van der Waals surface area contributed by atoms with Crippen LogP contribution in [0.2, 0.25) is 0 Å². The molecule has 0 bridgehead atoms. The van der Waals surface area contributed by atoms with Crippen LogP contribution in [0.5, 0.6) is 0 Å². The zero-order chi connectivity index (χ0) is 41.4. The molecule has 0 saturated heterocycles. The van der Waals surface area contributed by atoms with Gasteiger partial charge in [0.15, 0.2) is 0 Å². The van der Waals surface area contributed by atoms with Gasteiger partial charge in [-0.1, -0.05) is 170 Å².